The molecule has 1 heterocycles. The first-order valence-corrected chi connectivity index (χ1v) is 17.1. The van der Waals surface area contributed by atoms with E-state index in [9.17, 15) is 20.4 Å². The van der Waals surface area contributed by atoms with Gasteiger partial charge in [0.2, 0.25) is 0 Å². The maximum Gasteiger partial charge on any atom is 0.184 e. The maximum absolute atomic E-state index is 10.9. The molecular weight excluding hydrogens is 528 g/mol. The molecule has 0 radical (unpaired) electrons. The highest BCUT2D eigenvalue weighted by Gasteiger charge is 2.68. The van der Waals surface area contributed by atoms with E-state index in [0.29, 0.717) is 28.6 Å². The fraction of sp³-hybridized carbons (Fsp3) is 0.944. The predicted octanol–water partition coefficient (Wildman–Crippen LogP) is 5.99. The van der Waals surface area contributed by atoms with Crippen LogP contribution in [0.4, 0.5) is 0 Å². The van der Waals surface area contributed by atoms with E-state index in [1.165, 1.54) is 44.9 Å². The number of hydrogen-bond acceptors (Lipinski definition) is 6. The standard InChI is InChI=1S/C36H60O6/c1-31(2)15-16-33(5)17-18-35(7)21(22(33)19-31)9-10-25-34(6)13-12-26(32(3,4)24(34)11-14-36(25,35)8)42-29-27(38)23(20-37)41-30(40)28(29)39/h9,22-30,37-40H,10-20H2,1-8H3/t22-,23+,24-,25+,26-,27+,28+,29-,30+,33+,34-,35+,36+/m0/s1. The molecule has 1 saturated heterocycles. The van der Waals surface area contributed by atoms with Crippen molar-refractivity contribution in [1.29, 1.82) is 0 Å². The highest BCUT2D eigenvalue weighted by molar-refractivity contribution is 5.33. The van der Waals surface area contributed by atoms with Crippen molar-refractivity contribution in [1.82, 2.24) is 0 Å². The molecule has 0 bridgehead atoms. The zero-order valence-corrected chi connectivity index (χ0v) is 27.7. The summed E-state index contributed by atoms with van der Waals surface area (Å²) in [6.45, 7) is 19.7. The molecule has 0 unspecified atom stereocenters. The van der Waals surface area contributed by atoms with Crippen molar-refractivity contribution < 1.29 is 29.9 Å². The van der Waals surface area contributed by atoms with E-state index in [1.807, 2.05) is 0 Å². The summed E-state index contributed by atoms with van der Waals surface area (Å²) in [7, 11) is 0. The minimum atomic E-state index is -1.49. The molecule has 0 spiro atoms. The molecule has 6 heteroatoms. The van der Waals surface area contributed by atoms with E-state index in [-0.39, 0.29) is 27.8 Å². The summed E-state index contributed by atoms with van der Waals surface area (Å²) in [5.74, 6) is 1.77. The second-order valence-electron chi connectivity index (χ2n) is 18.0. The quantitative estimate of drug-likeness (QED) is 0.302. The third-order valence-electron chi connectivity index (χ3n) is 15.2. The number of rotatable bonds is 3. The molecule has 0 aromatic heterocycles. The average molecular weight is 589 g/mol. The fourth-order valence-corrected chi connectivity index (χ4v) is 12.2. The van der Waals surface area contributed by atoms with Crippen molar-refractivity contribution >= 4 is 0 Å². The molecule has 1 aliphatic heterocycles. The van der Waals surface area contributed by atoms with Crippen molar-refractivity contribution in [3.8, 4) is 0 Å². The van der Waals surface area contributed by atoms with Crippen LogP contribution in [0.15, 0.2) is 11.6 Å². The molecule has 6 rings (SSSR count). The van der Waals surface area contributed by atoms with E-state index in [0.717, 1.165) is 19.3 Å². The molecule has 5 aliphatic carbocycles. The Morgan fingerprint density at radius 3 is 2.21 bits per heavy atom. The van der Waals surface area contributed by atoms with Crippen LogP contribution in [0.3, 0.4) is 0 Å². The molecule has 13 atom stereocenters. The number of aliphatic hydroxyl groups excluding tert-OH is 4. The molecule has 42 heavy (non-hydrogen) atoms. The van der Waals surface area contributed by atoms with Crippen LogP contribution in [-0.2, 0) is 9.47 Å². The second-order valence-corrected chi connectivity index (χ2v) is 18.0. The van der Waals surface area contributed by atoms with Gasteiger partial charge in [0.1, 0.15) is 24.4 Å². The van der Waals surface area contributed by atoms with Crippen LogP contribution >= 0.6 is 0 Å². The van der Waals surface area contributed by atoms with Gasteiger partial charge in [-0.05, 0) is 114 Å². The topological polar surface area (TPSA) is 99.4 Å². The number of hydrogen-bond donors (Lipinski definition) is 4. The van der Waals surface area contributed by atoms with Gasteiger partial charge in [-0.1, -0.05) is 67.0 Å². The first-order valence-electron chi connectivity index (χ1n) is 17.1. The summed E-state index contributed by atoms with van der Waals surface area (Å²) in [6, 6.07) is 0. The van der Waals surface area contributed by atoms with Gasteiger partial charge in [0.05, 0.1) is 12.7 Å². The molecule has 240 valence electrons. The molecule has 0 amide bonds. The van der Waals surface area contributed by atoms with Crippen LogP contribution in [0, 0.1) is 50.2 Å². The van der Waals surface area contributed by atoms with Crippen molar-refractivity contribution in [2.75, 3.05) is 6.61 Å². The van der Waals surface area contributed by atoms with Gasteiger partial charge >= 0.3 is 0 Å². The van der Waals surface area contributed by atoms with E-state index >= 15 is 0 Å². The van der Waals surface area contributed by atoms with Gasteiger partial charge in [-0.15, -0.1) is 0 Å². The van der Waals surface area contributed by atoms with Gasteiger partial charge in [-0.2, -0.15) is 0 Å². The van der Waals surface area contributed by atoms with Crippen LogP contribution in [-0.4, -0.2) is 63.8 Å². The van der Waals surface area contributed by atoms with Gasteiger partial charge in [0.25, 0.3) is 0 Å². The number of fused-ring (bicyclic) bond motifs is 7. The van der Waals surface area contributed by atoms with Crippen LogP contribution in [0.2, 0.25) is 0 Å². The summed E-state index contributed by atoms with van der Waals surface area (Å²) in [5, 5.41) is 41.5. The highest BCUT2D eigenvalue weighted by Crippen LogP contribution is 2.75. The summed E-state index contributed by atoms with van der Waals surface area (Å²) >= 11 is 0. The number of allylic oxidation sites excluding steroid dienone is 2. The monoisotopic (exact) mass is 588 g/mol. The van der Waals surface area contributed by atoms with E-state index in [2.05, 4.69) is 61.5 Å². The smallest absolute Gasteiger partial charge is 0.184 e. The summed E-state index contributed by atoms with van der Waals surface area (Å²) in [4.78, 5) is 0. The minimum absolute atomic E-state index is 0.163. The van der Waals surface area contributed by atoms with Gasteiger partial charge in [-0.3, -0.25) is 0 Å². The Bertz CT molecular complexity index is 1080. The first-order chi connectivity index (χ1) is 19.4. The Balaban J connectivity index is 1.28. The van der Waals surface area contributed by atoms with Crippen molar-refractivity contribution in [2.24, 2.45) is 50.2 Å². The van der Waals surface area contributed by atoms with Crippen molar-refractivity contribution in [3.63, 3.8) is 0 Å². The largest absolute Gasteiger partial charge is 0.394 e. The molecule has 5 fully saturated rings. The van der Waals surface area contributed by atoms with Crippen LogP contribution in [0.25, 0.3) is 0 Å². The van der Waals surface area contributed by atoms with Gasteiger partial charge < -0.3 is 29.9 Å². The van der Waals surface area contributed by atoms with Gasteiger partial charge in [-0.25, -0.2) is 0 Å². The minimum Gasteiger partial charge on any atom is -0.394 e. The Morgan fingerprint density at radius 1 is 0.833 bits per heavy atom. The average Bonchev–Trinajstić information content (AvgIpc) is 2.91. The molecule has 0 aromatic rings. The Labute approximate surface area is 254 Å². The zero-order chi connectivity index (χ0) is 30.7. The Hall–Kier alpha value is -0.500. The third kappa shape index (κ3) is 4.31. The van der Waals surface area contributed by atoms with E-state index < -0.39 is 37.3 Å². The van der Waals surface area contributed by atoms with Crippen molar-refractivity contribution in [2.45, 2.75) is 156 Å². The van der Waals surface area contributed by atoms with Gasteiger partial charge in [0.15, 0.2) is 6.29 Å². The summed E-state index contributed by atoms with van der Waals surface area (Å²) in [6.07, 6.45) is 8.73. The second kappa shape index (κ2) is 10.00. The van der Waals surface area contributed by atoms with E-state index in [1.54, 1.807) is 5.57 Å². The lowest BCUT2D eigenvalue weighted by Crippen LogP contribution is -2.66. The number of ether oxygens (including phenoxy) is 2. The van der Waals surface area contributed by atoms with Gasteiger partial charge in [0, 0.05) is 0 Å². The van der Waals surface area contributed by atoms with Crippen LogP contribution in [0.1, 0.15) is 120 Å². The molecular formula is C36H60O6. The predicted molar refractivity (Wildman–Crippen MR) is 163 cm³/mol. The molecule has 4 N–H and O–H groups in total. The summed E-state index contributed by atoms with van der Waals surface area (Å²) in [5.41, 5.74) is 3.19. The first kappa shape index (κ1) is 31.5. The normalized spacial score (nSPS) is 55.0. The molecule has 0 aromatic carbocycles. The lowest BCUT2D eigenvalue weighted by molar-refractivity contribution is -0.313. The number of aliphatic hydroxyl groups is 4. The fourth-order valence-electron chi connectivity index (χ4n) is 12.2. The zero-order valence-electron chi connectivity index (χ0n) is 27.7. The Morgan fingerprint density at radius 2 is 1.52 bits per heavy atom. The van der Waals surface area contributed by atoms with Crippen LogP contribution < -0.4 is 0 Å². The molecule has 6 aliphatic rings. The Kier molecular flexibility index (Phi) is 7.49. The lowest BCUT2D eigenvalue weighted by Gasteiger charge is -2.71. The SMILES string of the molecule is CC1(C)CC[C@]2(C)CC[C@]3(C)C(=CC[C@@H]4[C@@]5(C)CC[C@H](O[C@@H]6[C@@H](O)[C@H](O)O[C@H](CO)[C@H]6O)C(C)(C)[C@@H]5CC[C@]43C)[C@@H]2C1. The maximum atomic E-state index is 10.9. The summed E-state index contributed by atoms with van der Waals surface area (Å²) < 4.78 is 11.8. The van der Waals surface area contributed by atoms with Crippen LogP contribution in [0.5, 0.6) is 0 Å². The lowest BCUT2D eigenvalue weighted by atomic mass is 9.33. The molecule has 4 saturated carbocycles. The molecule has 6 nitrogen and oxygen atoms in total. The van der Waals surface area contributed by atoms with Crippen molar-refractivity contribution in [3.05, 3.63) is 11.6 Å². The van der Waals surface area contributed by atoms with E-state index in [4.69, 9.17) is 9.47 Å². The third-order valence-corrected chi connectivity index (χ3v) is 15.2. The highest BCUT2D eigenvalue weighted by atomic mass is 16.6.